The third kappa shape index (κ3) is 3.46. The summed E-state index contributed by atoms with van der Waals surface area (Å²) in [6.45, 7) is 4.72. The molecule has 9 aromatic rings. The fourth-order valence-electron chi connectivity index (χ4n) is 7.89. The third-order valence-corrected chi connectivity index (χ3v) is 11.2. The summed E-state index contributed by atoms with van der Waals surface area (Å²) >= 11 is 1.89. The molecule has 0 N–H and O–H groups in total. The Morgan fingerprint density at radius 1 is 0.565 bits per heavy atom. The zero-order valence-electron chi connectivity index (χ0n) is 25.5. The molecule has 10 rings (SSSR count). The summed E-state index contributed by atoms with van der Waals surface area (Å²) in [5.41, 5.74) is 10.6. The first kappa shape index (κ1) is 25.9. The van der Waals surface area contributed by atoms with Crippen LogP contribution in [0.4, 0.5) is 17.1 Å². The maximum Gasteiger partial charge on any atom is 0.135 e. The van der Waals surface area contributed by atoms with Gasteiger partial charge in [-0.15, -0.1) is 11.3 Å². The van der Waals surface area contributed by atoms with E-state index in [4.69, 9.17) is 4.42 Å². The van der Waals surface area contributed by atoms with Crippen molar-refractivity contribution in [3.8, 4) is 11.1 Å². The fraction of sp³-hybridized carbons (Fsp3) is 0.0698. The van der Waals surface area contributed by atoms with Crippen molar-refractivity contribution in [3.63, 3.8) is 0 Å². The Morgan fingerprint density at radius 3 is 2.20 bits per heavy atom. The lowest BCUT2D eigenvalue weighted by atomic mass is 9.82. The van der Waals surface area contributed by atoms with E-state index in [9.17, 15) is 0 Å². The van der Waals surface area contributed by atoms with E-state index in [1.807, 2.05) is 17.4 Å². The molecular weight excluding hydrogens is 579 g/mol. The van der Waals surface area contributed by atoms with Crippen molar-refractivity contribution >= 4 is 81.3 Å². The third-order valence-electron chi connectivity index (χ3n) is 10.0. The molecule has 46 heavy (non-hydrogen) atoms. The van der Waals surface area contributed by atoms with Gasteiger partial charge in [0.05, 0.1) is 16.1 Å². The van der Waals surface area contributed by atoms with Crippen molar-refractivity contribution in [2.24, 2.45) is 0 Å². The second-order valence-corrected chi connectivity index (χ2v) is 14.0. The molecule has 0 radical (unpaired) electrons. The van der Waals surface area contributed by atoms with Gasteiger partial charge in [0, 0.05) is 48.3 Å². The second-order valence-electron chi connectivity index (χ2n) is 12.9. The van der Waals surface area contributed by atoms with Gasteiger partial charge in [-0.05, 0) is 64.5 Å². The van der Waals surface area contributed by atoms with Crippen LogP contribution in [0.3, 0.4) is 0 Å². The number of furan rings is 1. The molecule has 218 valence electrons. The van der Waals surface area contributed by atoms with Crippen molar-refractivity contribution in [2.45, 2.75) is 19.3 Å². The lowest BCUT2D eigenvalue weighted by molar-refractivity contribution is 0.660. The van der Waals surface area contributed by atoms with E-state index >= 15 is 0 Å². The Balaban J connectivity index is 1.38. The minimum Gasteiger partial charge on any atom is -0.456 e. The van der Waals surface area contributed by atoms with Crippen molar-refractivity contribution < 1.29 is 4.42 Å². The monoisotopic (exact) mass is 607 g/mol. The predicted octanol–water partition coefficient (Wildman–Crippen LogP) is 12.9. The Hall–Kier alpha value is -5.38. The van der Waals surface area contributed by atoms with Gasteiger partial charge in [-0.25, -0.2) is 0 Å². The molecule has 2 aromatic heterocycles. The molecule has 0 saturated carbocycles. The number of hydrogen-bond acceptors (Lipinski definition) is 3. The van der Waals surface area contributed by atoms with Crippen LogP contribution < -0.4 is 4.90 Å². The number of thiophene rings is 1. The van der Waals surface area contributed by atoms with Crippen LogP contribution in [0, 0.1) is 0 Å². The van der Waals surface area contributed by atoms with E-state index in [1.54, 1.807) is 0 Å². The molecule has 0 aliphatic heterocycles. The van der Waals surface area contributed by atoms with Gasteiger partial charge < -0.3 is 9.32 Å². The van der Waals surface area contributed by atoms with E-state index < -0.39 is 0 Å². The number of hydrogen-bond donors (Lipinski definition) is 0. The molecule has 1 aliphatic carbocycles. The maximum absolute atomic E-state index is 6.31. The van der Waals surface area contributed by atoms with Crippen molar-refractivity contribution in [1.29, 1.82) is 0 Å². The zero-order chi connectivity index (χ0) is 30.6. The number of anilines is 3. The van der Waals surface area contributed by atoms with Gasteiger partial charge in [-0.1, -0.05) is 111 Å². The topological polar surface area (TPSA) is 16.4 Å². The molecule has 7 aromatic carbocycles. The number of benzene rings is 7. The molecule has 2 heterocycles. The number of fused-ring (bicyclic) bond motifs is 10. The molecule has 0 unspecified atom stereocenters. The van der Waals surface area contributed by atoms with Crippen molar-refractivity contribution in [1.82, 2.24) is 0 Å². The molecule has 2 nitrogen and oxygen atoms in total. The Bertz CT molecular complexity index is 2690. The Morgan fingerprint density at radius 2 is 1.28 bits per heavy atom. The van der Waals surface area contributed by atoms with Crippen LogP contribution in [-0.2, 0) is 5.41 Å². The van der Waals surface area contributed by atoms with Gasteiger partial charge in [-0.3, -0.25) is 0 Å². The van der Waals surface area contributed by atoms with Gasteiger partial charge in [0.15, 0.2) is 0 Å². The van der Waals surface area contributed by atoms with E-state index in [2.05, 4.69) is 152 Å². The summed E-state index contributed by atoms with van der Waals surface area (Å²) in [6.07, 6.45) is 0. The molecule has 0 fully saturated rings. The molecule has 1 aliphatic rings. The van der Waals surface area contributed by atoms with E-state index in [0.29, 0.717) is 0 Å². The summed E-state index contributed by atoms with van der Waals surface area (Å²) in [5, 5.41) is 7.33. The highest BCUT2D eigenvalue weighted by atomic mass is 32.1. The normalized spacial score (nSPS) is 13.6. The average Bonchev–Trinajstić information content (AvgIpc) is 3.73. The largest absolute Gasteiger partial charge is 0.456 e. The summed E-state index contributed by atoms with van der Waals surface area (Å²) < 4.78 is 8.90. The van der Waals surface area contributed by atoms with Crippen LogP contribution in [0.2, 0.25) is 0 Å². The van der Waals surface area contributed by atoms with Gasteiger partial charge in [0.25, 0.3) is 0 Å². The van der Waals surface area contributed by atoms with Crippen LogP contribution in [0.5, 0.6) is 0 Å². The fourth-order valence-corrected chi connectivity index (χ4v) is 9.12. The molecule has 3 heteroatoms. The van der Waals surface area contributed by atoms with Gasteiger partial charge in [0.1, 0.15) is 11.2 Å². The van der Waals surface area contributed by atoms with Crippen LogP contribution >= 0.6 is 11.3 Å². The molecule has 0 bridgehead atoms. The van der Waals surface area contributed by atoms with Gasteiger partial charge >= 0.3 is 0 Å². The SMILES string of the molecule is CC1(C)c2ccccc2-c2c(N(c3ccc4oc5ccccc5c4c3)c3c4ccccc4cc4c3sc3ccccc34)cccc21. The Labute approximate surface area is 270 Å². The number of nitrogens with zero attached hydrogens (tertiary/aromatic N) is 1. The number of para-hydroxylation sites is 1. The zero-order valence-corrected chi connectivity index (χ0v) is 26.4. The van der Waals surface area contributed by atoms with Crippen molar-refractivity contribution in [3.05, 3.63) is 151 Å². The molecule has 0 spiro atoms. The smallest absolute Gasteiger partial charge is 0.135 e. The molecular formula is C43H29NOS. The van der Waals surface area contributed by atoms with Crippen LogP contribution in [-0.4, -0.2) is 0 Å². The lowest BCUT2D eigenvalue weighted by Gasteiger charge is -2.30. The highest BCUT2D eigenvalue weighted by Gasteiger charge is 2.38. The predicted molar refractivity (Wildman–Crippen MR) is 196 cm³/mol. The summed E-state index contributed by atoms with van der Waals surface area (Å²) in [6, 6.07) is 51.0. The summed E-state index contributed by atoms with van der Waals surface area (Å²) in [4.78, 5) is 2.54. The lowest BCUT2D eigenvalue weighted by Crippen LogP contribution is -2.16. The first-order valence-electron chi connectivity index (χ1n) is 15.9. The number of rotatable bonds is 3. The minimum atomic E-state index is -0.107. The average molecular weight is 608 g/mol. The molecule has 0 atom stereocenters. The van der Waals surface area contributed by atoms with E-state index in [-0.39, 0.29) is 5.41 Å². The van der Waals surface area contributed by atoms with Crippen LogP contribution in [0.1, 0.15) is 25.0 Å². The molecule has 0 amide bonds. The first-order chi connectivity index (χ1) is 22.6. The van der Waals surface area contributed by atoms with E-state index in [0.717, 1.165) is 27.6 Å². The summed E-state index contributed by atoms with van der Waals surface area (Å²) in [7, 11) is 0. The van der Waals surface area contributed by atoms with Crippen LogP contribution in [0.25, 0.3) is 64.0 Å². The molecule has 0 saturated heterocycles. The second kappa shape index (κ2) is 9.32. The quantitative estimate of drug-likeness (QED) is 0.199. The highest BCUT2D eigenvalue weighted by Crippen LogP contribution is 2.56. The van der Waals surface area contributed by atoms with Gasteiger partial charge in [-0.2, -0.15) is 0 Å². The van der Waals surface area contributed by atoms with Crippen molar-refractivity contribution in [2.75, 3.05) is 4.90 Å². The first-order valence-corrected chi connectivity index (χ1v) is 16.7. The standard InChI is InChI=1S/C43H29NOS/c1-43(2)34-17-8-5-16-31(34)40-35(43)18-11-19-36(40)44(27-22-23-38-32(25-27)29-14-6-9-20-37(29)45-38)41-28-13-4-3-12-26(28)24-33-30-15-7-10-21-39(30)46-42(33)41/h3-25H,1-2H3. The highest BCUT2D eigenvalue weighted by molar-refractivity contribution is 7.26. The summed E-state index contributed by atoms with van der Waals surface area (Å²) in [5.74, 6) is 0. The minimum absolute atomic E-state index is 0.107. The van der Waals surface area contributed by atoms with E-state index in [1.165, 1.54) is 64.6 Å². The van der Waals surface area contributed by atoms with Gasteiger partial charge in [0.2, 0.25) is 0 Å². The Kier molecular flexibility index (Phi) is 5.25. The maximum atomic E-state index is 6.31. The van der Waals surface area contributed by atoms with Crippen LogP contribution in [0.15, 0.2) is 144 Å².